The van der Waals surface area contributed by atoms with Crippen LogP contribution in [0.3, 0.4) is 0 Å². The zero-order valence-electron chi connectivity index (χ0n) is 17.3. The lowest BCUT2D eigenvalue weighted by Gasteiger charge is -2.11. The van der Waals surface area contributed by atoms with Crippen LogP contribution in [0.5, 0.6) is 17.4 Å². The predicted molar refractivity (Wildman–Crippen MR) is 113 cm³/mol. The van der Waals surface area contributed by atoms with E-state index in [-0.39, 0.29) is 28.6 Å². The van der Waals surface area contributed by atoms with E-state index in [1.807, 2.05) is 0 Å². The minimum atomic E-state index is -5.57. The molecule has 0 unspecified atom stereocenters. The van der Waals surface area contributed by atoms with E-state index in [2.05, 4.69) is 15.6 Å². The Morgan fingerprint density at radius 2 is 1.68 bits per heavy atom. The number of carbonyl (C=O) groups excluding carboxylic acids is 2. The molecule has 2 aromatic carbocycles. The number of hydrogen-bond donors (Lipinski definition) is 2. The Bertz CT molecular complexity index is 1330. The van der Waals surface area contributed by atoms with Crippen LogP contribution in [0.1, 0.15) is 10.4 Å². The van der Waals surface area contributed by atoms with Crippen molar-refractivity contribution in [1.82, 2.24) is 10.3 Å². The molecule has 2 N–H and O–H groups in total. The zero-order chi connectivity index (χ0) is 24.9. The number of nitrogens with one attached hydrogen (secondary N) is 2. The summed E-state index contributed by atoms with van der Waals surface area (Å²) >= 11 is 0. The highest BCUT2D eigenvalue weighted by molar-refractivity contribution is 7.92. The third-order valence-corrected chi connectivity index (χ3v) is 5.63. The summed E-state index contributed by atoms with van der Waals surface area (Å²) in [7, 11) is -4.19. The lowest BCUT2D eigenvalue weighted by Crippen LogP contribution is -2.23. The number of anilines is 1. The monoisotopic (exact) mass is 495 g/mol. The van der Waals surface area contributed by atoms with Gasteiger partial charge in [-0.3, -0.25) is 4.79 Å². The Morgan fingerprint density at radius 1 is 0.971 bits per heavy atom. The number of halogens is 3. The maximum absolute atomic E-state index is 12.8. The van der Waals surface area contributed by atoms with E-state index in [9.17, 15) is 31.2 Å². The van der Waals surface area contributed by atoms with Crippen molar-refractivity contribution in [2.75, 3.05) is 12.4 Å². The molecule has 34 heavy (non-hydrogen) atoms. The van der Waals surface area contributed by atoms with Crippen LogP contribution < -0.4 is 20.1 Å². The number of nitrogens with zero attached hydrogens (tertiary/aromatic N) is 1. The molecule has 3 rings (SSSR count). The number of hydrogen-bond acceptors (Lipinski definition) is 7. The van der Waals surface area contributed by atoms with Crippen LogP contribution in [0.25, 0.3) is 0 Å². The van der Waals surface area contributed by atoms with Gasteiger partial charge in [-0.25, -0.2) is 18.2 Å². The molecular formula is C21H16F3N3O6S. The lowest BCUT2D eigenvalue weighted by molar-refractivity contribution is -0.0436. The number of alkyl halides is 3. The maximum atomic E-state index is 12.8. The van der Waals surface area contributed by atoms with Crippen LogP contribution in [0, 0.1) is 0 Å². The molecule has 0 bridgehead atoms. The molecule has 0 radical (unpaired) electrons. The zero-order valence-corrected chi connectivity index (χ0v) is 18.1. The normalized spacial score (nSPS) is 11.4. The van der Waals surface area contributed by atoms with E-state index in [1.165, 1.54) is 55.7 Å². The Hall–Kier alpha value is -4.13. The second-order valence-electron chi connectivity index (χ2n) is 6.53. The number of rotatable bonds is 6. The second-order valence-corrected chi connectivity index (χ2v) is 8.47. The first-order valence-electron chi connectivity index (χ1n) is 9.36. The van der Waals surface area contributed by atoms with Gasteiger partial charge in [-0.15, -0.1) is 0 Å². The molecule has 0 aliphatic rings. The van der Waals surface area contributed by atoms with Crippen molar-refractivity contribution in [1.29, 1.82) is 0 Å². The highest BCUT2D eigenvalue weighted by Gasteiger charge is 2.46. The van der Waals surface area contributed by atoms with Gasteiger partial charge in [0.2, 0.25) is 5.88 Å². The van der Waals surface area contributed by atoms with Crippen LogP contribution in [0.2, 0.25) is 0 Å². The molecular weight excluding hydrogens is 479 g/mol. The van der Waals surface area contributed by atoms with Crippen LogP contribution in [0.4, 0.5) is 23.7 Å². The van der Waals surface area contributed by atoms with Crippen LogP contribution >= 0.6 is 0 Å². The number of sulfone groups is 1. The standard InChI is InChI=1S/C21H16F3N3O6S/c1-25-20(29)33-18-12-16(8-9-26-18)32-15-6-2-4-13(10-15)19(28)27-14-5-3-7-17(11-14)34(30,31)21(22,23)24/h2-12H,1H3,(H,25,29)(H,27,28). The van der Waals surface area contributed by atoms with Gasteiger partial charge in [0.25, 0.3) is 15.7 Å². The molecule has 0 saturated carbocycles. The van der Waals surface area contributed by atoms with Crippen molar-refractivity contribution in [3.05, 3.63) is 72.4 Å². The van der Waals surface area contributed by atoms with Crippen molar-refractivity contribution in [3.63, 3.8) is 0 Å². The quantitative estimate of drug-likeness (QED) is 0.527. The molecule has 0 saturated heterocycles. The van der Waals surface area contributed by atoms with E-state index >= 15 is 0 Å². The van der Waals surface area contributed by atoms with Gasteiger partial charge in [0, 0.05) is 30.6 Å². The molecule has 0 atom stereocenters. The first kappa shape index (κ1) is 24.5. The van der Waals surface area contributed by atoms with Gasteiger partial charge in [0.15, 0.2) is 0 Å². The van der Waals surface area contributed by atoms with Crippen molar-refractivity contribution in [2.24, 2.45) is 0 Å². The van der Waals surface area contributed by atoms with E-state index in [0.29, 0.717) is 6.07 Å². The number of carbonyl (C=O) groups is 2. The second kappa shape index (κ2) is 9.79. The van der Waals surface area contributed by atoms with E-state index in [1.54, 1.807) is 0 Å². The molecule has 1 aromatic heterocycles. The van der Waals surface area contributed by atoms with Gasteiger partial charge in [0.05, 0.1) is 4.90 Å². The minimum absolute atomic E-state index is 0.0283. The summed E-state index contributed by atoms with van der Waals surface area (Å²) in [6.07, 6.45) is 0.613. The predicted octanol–water partition coefficient (Wildman–Crippen LogP) is 4.14. The lowest BCUT2D eigenvalue weighted by atomic mass is 10.2. The summed E-state index contributed by atoms with van der Waals surface area (Å²) in [5.74, 6) is -0.278. The molecule has 0 aliphatic carbocycles. The van der Waals surface area contributed by atoms with Gasteiger partial charge >= 0.3 is 11.6 Å². The van der Waals surface area contributed by atoms with Crippen LogP contribution in [0.15, 0.2) is 71.8 Å². The third-order valence-electron chi connectivity index (χ3n) is 4.15. The van der Waals surface area contributed by atoms with Crippen molar-refractivity contribution < 1.29 is 40.7 Å². The number of amides is 2. The Balaban J connectivity index is 1.76. The fourth-order valence-corrected chi connectivity index (χ4v) is 3.38. The van der Waals surface area contributed by atoms with Crippen molar-refractivity contribution in [3.8, 4) is 17.4 Å². The number of ether oxygens (including phenoxy) is 2. The average Bonchev–Trinajstić information content (AvgIpc) is 2.79. The van der Waals surface area contributed by atoms with Crippen molar-refractivity contribution >= 4 is 27.5 Å². The van der Waals surface area contributed by atoms with Gasteiger partial charge in [-0.2, -0.15) is 13.2 Å². The van der Waals surface area contributed by atoms with E-state index in [4.69, 9.17) is 9.47 Å². The molecule has 1 heterocycles. The molecule has 13 heteroatoms. The first-order valence-corrected chi connectivity index (χ1v) is 10.8. The third kappa shape index (κ3) is 5.81. The fraction of sp³-hybridized carbons (Fsp3) is 0.0952. The summed E-state index contributed by atoms with van der Waals surface area (Å²) < 4.78 is 72.1. The Labute approximate surface area is 191 Å². The maximum Gasteiger partial charge on any atom is 0.501 e. The summed E-state index contributed by atoms with van der Waals surface area (Å²) in [6, 6.07) is 12.5. The number of pyridine rings is 1. The van der Waals surface area contributed by atoms with Crippen LogP contribution in [-0.2, 0) is 9.84 Å². The Kier molecular flexibility index (Phi) is 7.05. The first-order chi connectivity index (χ1) is 16.0. The molecule has 178 valence electrons. The molecule has 2 amide bonds. The summed E-state index contributed by atoms with van der Waals surface area (Å²) in [6.45, 7) is 0. The Morgan fingerprint density at radius 3 is 2.38 bits per heavy atom. The topological polar surface area (TPSA) is 124 Å². The van der Waals surface area contributed by atoms with Gasteiger partial charge < -0.3 is 20.1 Å². The average molecular weight is 495 g/mol. The van der Waals surface area contributed by atoms with Gasteiger partial charge in [-0.05, 0) is 42.5 Å². The van der Waals surface area contributed by atoms with E-state index in [0.717, 1.165) is 12.1 Å². The smallest absolute Gasteiger partial charge is 0.457 e. The highest BCUT2D eigenvalue weighted by atomic mass is 32.2. The van der Waals surface area contributed by atoms with Gasteiger partial charge in [-0.1, -0.05) is 12.1 Å². The fourth-order valence-electron chi connectivity index (χ4n) is 2.57. The number of aromatic nitrogens is 1. The number of benzene rings is 2. The molecule has 3 aromatic rings. The van der Waals surface area contributed by atoms with Crippen molar-refractivity contribution in [2.45, 2.75) is 10.4 Å². The molecule has 0 fully saturated rings. The highest BCUT2D eigenvalue weighted by Crippen LogP contribution is 2.31. The summed E-state index contributed by atoms with van der Waals surface area (Å²) in [4.78, 5) is 26.7. The summed E-state index contributed by atoms with van der Waals surface area (Å²) in [5.41, 5.74) is -5.54. The van der Waals surface area contributed by atoms with Gasteiger partial charge in [0.1, 0.15) is 11.5 Å². The summed E-state index contributed by atoms with van der Waals surface area (Å²) in [5, 5.41) is 4.62. The minimum Gasteiger partial charge on any atom is -0.457 e. The van der Waals surface area contributed by atoms with Crippen LogP contribution in [-0.4, -0.2) is 38.0 Å². The molecule has 0 spiro atoms. The SMILES string of the molecule is CNC(=O)Oc1cc(Oc2cccc(C(=O)Nc3cccc(S(=O)(=O)C(F)(F)F)c3)c2)ccn1. The van der Waals surface area contributed by atoms with E-state index < -0.39 is 32.2 Å². The largest absolute Gasteiger partial charge is 0.501 e. The molecule has 9 nitrogen and oxygen atoms in total. The molecule has 0 aliphatic heterocycles.